The van der Waals surface area contributed by atoms with Crippen LogP contribution in [0.3, 0.4) is 0 Å². The van der Waals surface area contributed by atoms with E-state index in [0.717, 1.165) is 11.3 Å². The first-order valence-corrected chi connectivity index (χ1v) is 9.02. The lowest BCUT2D eigenvalue weighted by Crippen LogP contribution is -2.30. The Labute approximate surface area is 155 Å². The van der Waals surface area contributed by atoms with E-state index in [9.17, 15) is 14.9 Å². The van der Waals surface area contributed by atoms with Crippen LogP contribution in [0, 0.1) is 18.3 Å². The molecule has 0 unspecified atom stereocenters. The number of nitriles is 1. The van der Waals surface area contributed by atoms with Gasteiger partial charge in [-0.3, -0.25) is 9.59 Å². The van der Waals surface area contributed by atoms with E-state index in [1.54, 1.807) is 36.1 Å². The number of carbonyl (C=O) groups is 2. The monoisotopic (exact) mass is 375 g/mol. The molecule has 0 radical (unpaired) electrons. The van der Waals surface area contributed by atoms with Crippen molar-refractivity contribution >= 4 is 39.8 Å². The molecule has 2 amide bonds. The predicted molar refractivity (Wildman–Crippen MR) is 100 cm³/mol. The van der Waals surface area contributed by atoms with Crippen LogP contribution in [0.5, 0.6) is 0 Å². The maximum absolute atomic E-state index is 12.6. The Morgan fingerprint density at radius 2 is 1.84 bits per heavy atom. The van der Waals surface area contributed by atoms with Crippen LogP contribution in [0.25, 0.3) is 0 Å². The van der Waals surface area contributed by atoms with Gasteiger partial charge in [-0.2, -0.15) is 5.26 Å². The minimum Gasteiger partial charge on any atom is -0.338 e. The van der Waals surface area contributed by atoms with Gasteiger partial charge in [0, 0.05) is 23.7 Å². The summed E-state index contributed by atoms with van der Waals surface area (Å²) in [6.07, 6.45) is 0. The van der Waals surface area contributed by atoms with Crippen molar-refractivity contribution in [2.24, 2.45) is 0 Å². The van der Waals surface area contributed by atoms with Crippen LogP contribution in [-0.4, -0.2) is 29.8 Å². The van der Waals surface area contributed by atoms with Crippen molar-refractivity contribution in [3.05, 3.63) is 50.9 Å². The summed E-state index contributed by atoms with van der Waals surface area (Å²) in [5, 5.41) is 13.1. The molecule has 1 aromatic heterocycles. The third-order valence-corrected chi connectivity index (χ3v) is 5.28. The minimum atomic E-state index is -0.351. The molecule has 1 heterocycles. The van der Waals surface area contributed by atoms with E-state index in [4.69, 9.17) is 11.6 Å². The Bertz CT molecular complexity index is 833. The van der Waals surface area contributed by atoms with Crippen LogP contribution in [0.4, 0.5) is 5.00 Å². The second kappa shape index (κ2) is 8.15. The second-order valence-corrected chi connectivity index (χ2v) is 6.77. The number of hydrogen-bond donors (Lipinski definition) is 1. The molecule has 0 saturated carbocycles. The normalized spacial score (nSPS) is 10.2. The summed E-state index contributed by atoms with van der Waals surface area (Å²) < 4.78 is 0. The first kappa shape index (κ1) is 19.0. The van der Waals surface area contributed by atoms with Crippen molar-refractivity contribution in [2.45, 2.75) is 20.8 Å². The highest BCUT2D eigenvalue weighted by Gasteiger charge is 2.24. The Balaban J connectivity index is 2.34. The Hall–Kier alpha value is -2.36. The molecule has 0 saturated heterocycles. The van der Waals surface area contributed by atoms with Crippen LogP contribution >= 0.6 is 22.9 Å². The molecule has 1 N–H and O–H groups in total. The van der Waals surface area contributed by atoms with Crippen molar-refractivity contribution in [1.82, 2.24) is 4.90 Å². The number of anilines is 1. The number of halogens is 1. The molecule has 1 aromatic carbocycles. The van der Waals surface area contributed by atoms with Crippen LogP contribution < -0.4 is 5.32 Å². The van der Waals surface area contributed by atoms with Gasteiger partial charge in [-0.1, -0.05) is 11.6 Å². The molecule has 130 valence electrons. The Morgan fingerprint density at radius 1 is 1.24 bits per heavy atom. The van der Waals surface area contributed by atoms with Gasteiger partial charge in [0.25, 0.3) is 11.8 Å². The van der Waals surface area contributed by atoms with Crippen molar-refractivity contribution < 1.29 is 9.59 Å². The summed E-state index contributed by atoms with van der Waals surface area (Å²) in [5.41, 5.74) is 1.34. The summed E-state index contributed by atoms with van der Waals surface area (Å²) in [6, 6.07) is 8.53. The number of rotatable bonds is 5. The number of hydrogen-bond acceptors (Lipinski definition) is 4. The zero-order chi connectivity index (χ0) is 18.6. The van der Waals surface area contributed by atoms with Gasteiger partial charge in [0.15, 0.2) is 0 Å². The van der Waals surface area contributed by atoms with Gasteiger partial charge in [0.2, 0.25) is 0 Å². The molecule has 25 heavy (non-hydrogen) atoms. The molecule has 0 fully saturated rings. The zero-order valence-corrected chi connectivity index (χ0v) is 15.8. The van der Waals surface area contributed by atoms with E-state index in [1.165, 1.54) is 0 Å². The van der Waals surface area contributed by atoms with Gasteiger partial charge in [0.1, 0.15) is 11.1 Å². The summed E-state index contributed by atoms with van der Waals surface area (Å²) in [6.45, 7) is 6.70. The molecular formula is C18H18ClN3O2S. The molecule has 0 spiro atoms. The molecule has 0 bridgehead atoms. The maximum Gasteiger partial charge on any atom is 0.264 e. The standard InChI is InChI=1S/C18H18ClN3O2S/c1-4-22(5-2)18(24)15-11(3)14(10-20)17(25-15)21-16(23)12-6-8-13(19)9-7-12/h6-9H,4-5H2,1-3H3,(H,21,23). The minimum absolute atomic E-state index is 0.129. The van der Waals surface area contributed by atoms with Gasteiger partial charge in [0.05, 0.1) is 10.4 Å². The van der Waals surface area contributed by atoms with Gasteiger partial charge in [-0.05, 0) is 50.6 Å². The molecule has 2 aromatic rings. The van der Waals surface area contributed by atoms with Crippen molar-refractivity contribution in [3.63, 3.8) is 0 Å². The van der Waals surface area contributed by atoms with Gasteiger partial charge in [-0.15, -0.1) is 11.3 Å². The number of nitrogens with zero attached hydrogens (tertiary/aromatic N) is 2. The van der Waals surface area contributed by atoms with Crippen LogP contribution in [0.2, 0.25) is 5.02 Å². The third kappa shape index (κ3) is 4.01. The topological polar surface area (TPSA) is 73.2 Å². The lowest BCUT2D eigenvalue weighted by Gasteiger charge is -2.17. The first-order chi connectivity index (χ1) is 11.9. The number of carbonyl (C=O) groups excluding carboxylic acids is 2. The SMILES string of the molecule is CCN(CC)C(=O)c1sc(NC(=O)c2ccc(Cl)cc2)c(C#N)c1C. The van der Waals surface area contributed by atoms with E-state index in [0.29, 0.717) is 44.7 Å². The lowest BCUT2D eigenvalue weighted by atomic mass is 10.1. The van der Waals surface area contributed by atoms with Crippen LogP contribution in [0.15, 0.2) is 24.3 Å². The Morgan fingerprint density at radius 3 is 2.36 bits per heavy atom. The smallest absolute Gasteiger partial charge is 0.264 e. The number of thiophene rings is 1. The van der Waals surface area contributed by atoms with E-state index < -0.39 is 0 Å². The Kier molecular flexibility index (Phi) is 6.18. The molecule has 0 aliphatic rings. The highest BCUT2D eigenvalue weighted by atomic mass is 35.5. The fourth-order valence-electron chi connectivity index (χ4n) is 2.37. The van der Waals surface area contributed by atoms with Crippen LogP contribution in [0.1, 0.15) is 45.0 Å². The fraction of sp³-hybridized carbons (Fsp3) is 0.278. The summed E-state index contributed by atoms with van der Waals surface area (Å²) >= 11 is 6.96. The van der Waals surface area contributed by atoms with E-state index >= 15 is 0 Å². The van der Waals surface area contributed by atoms with E-state index in [-0.39, 0.29) is 11.8 Å². The number of nitrogens with one attached hydrogen (secondary N) is 1. The lowest BCUT2D eigenvalue weighted by molar-refractivity contribution is 0.0777. The number of benzene rings is 1. The second-order valence-electron chi connectivity index (χ2n) is 5.31. The van der Waals surface area contributed by atoms with Crippen molar-refractivity contribution in [1.29, 1.82) is 5.26 Å². The van der Waals surface area contributed by atoms with E-state index in [2.05, 4.69) is 11.4 Å². The van der Waals surface area contributed by atoms with Crippen molar-refractivity contribution in [3.8, 4) is 6.07 Å². The fourth-order valence-corrected chi connectivity index (χ4v) is 3.62. The highest BCUT2D eigenvalue weighted by Crippen LogP contribution is 2.33. The van der Waals surface area contributed by atoms with E-state index in [1.807, 2.05) is 13.8 Å². The summed E-state index contributed by atoms with van der Waals surface area (Å²) in [4.78, 5) is 27.1. The molecule has 0 aliphatic carbocycles. The largest absolute Gasteiger partial charge is 0.338 e. The zero-order valence-electron chi connectivity index (χ0n) is 14.2. The molecule has 0 atom stereocenters. The molecular weight excluding hydrogens is 358 g/mol. The number of amides is 2. The summed E-state index contributed by atoms with van der Waals surface area (Å²) in [7, 11) is 0. The summed E-state index contributed by atoms with van der Waals surface area (Å²) in [5.74, 6) is -0.479. The van der Waals surface area contributed by atoms with Gasteiger partial charge in [-0.25, -0.2) is 0 Å². The average Bonchev–Trinajstić information content (AvgIpc) is 2.91. The third-order valence-electron chi connectivity index (χ3n) is 3.84. The first-order valence-electron chi connectivity index (χ1n) is 7.82. The molecule has 0 aliphatic heterocycles. The average molecular weight is 376 g/mol. The molecule has 7 heteroatoms. The maximum atomic E-state index is 12.6. The van der Waals surface area contributed by atoms with Gasteiger partial charge >= 0.3 is 0 Å². The quantitative estimate of drug-likeness (QED) is 0.845. The molecule has 5 nitrogen and oxygen atoms in total. The van der Waals surface area contributed by atoms with Crippen molar-refractivity contribution in [2.75, 3.05) is 18.4 Å². The molecule has 2 rings (SSSR count). The predicted octanol–water partition coefficient (Wildman–Crippen LogP) is 4.32. The highest BCUT2D eigenvalue weighted by molar-refractivity contribution is 7.18. The van der Waals surface area contributed by atoms with Crippen LogP contribution in [-0.2, 0) is 0 Å². The van der Waals surface area contributed by atoms with Gasteiger partial charge < -0.3 is 10.2 Å².